The predicted molar refractivity (Wildman–Crippen MR) is 75.4 cm³/mol. The number of alkyl halides is 1. The number of anilines is 1. The van der Waals surface area contributed by atoms with Gasteiger partial charge in [-0.05, 0) is 12.8 Å². The third-order valence-corrected chi connectivity index (χ3v) is 3.45. The summed E-state index contributed by atoms with van der Waals surface area (Å²) in [7, 11) is 0. The van der Waals surface area contributed by atoms with E-state index in [0.29, 0.717) is 11.9 Å². The molecule has 1 aromatic rings. The van der Waals surface area contributed by atoms with Crippen LogP contribution in [0.2, 0.25) is 5.02 Å². The van der Waals surface area contributed by atoms with E-state index in [9.17, 15) is 4.79 Å². The van der Waals surface area contributed by atoms with Crippen molar-refractivity contribution in [3.8, 4) is 0 Å². The summed E-state index contributed by atoms with van der Waals surface area (Å²) >= 11 is 9.44. The van der Waals surface area contributed by atoms with E-state index < -0.39 is 0 Å². The van der Waals surface area contributed by atoms with Crippen LogP contribution in [0.25, 0.3) is 0 Å². The average Bonchev–Trinajstić information content (AvgIpc) is 2.33. The fourth-order valence-electron chi connectivity index (χ4n) is 1.86. The molecule has 0 saturated heterocycles. The number of rotatable bonds is 6. The molecule has 0 radical (unpaired) electrons. The Kier molecular flexibility index (Phi) is 5.98. The van der Waals surface area contributed by atoms with Crippen molar-refractivity contribution in [2.75, 3.05) is 16.8 Å². The van der Waals surface area contributed by atoms with Crippen LogP contribution in [0.1, 0.15) is 26.7 Å². The van der Waals surface area contributed by atoms with Gasteiger partial charge in [0.2, 0.25) is 0 Å². The summed E-state index contributed by atoms with van der Waals surface area (Å²) in [6, 6.07) is 0.347. The minimum absolute atomic E-state index is 0.167. The summed E-state index contributed by atoms with van der Waals surface area (Å²) < 4.78 is 0. The van der Waals surface area contributed by atoms with Crippen LogP contribution in [-0.4, -0.2) is 27.9 Å². The maximum Gasteiger partial charge on any atom is 0.271 e. The smallest absolute Gasteiger partial charge is 0.271 e. The van der Waals surface area contributed by atoms with Gasteiger partial charge in [0.25, 0.3) is 5.56 Å². The summed E-state index contributed by atoms with van der Waals surface area (Å²) in [5.74, 6) is 0.573. The Bertz CT molecular complexity index is 406. The summed E-state index contributed by atoms with van der Waals surface area (Å²) in [6.07, 6.45) is 3.38. The lowest BCUT2D eigenvalue weighted by molar-refractivity contribution is 0.563. The molecular formula is C11H17BrClN3O. The lowest BCUT2D eigenvalue weighted by Gasteiger charge is -2.31. The van der Waals surface area contributed by atoms with Crippen molar-refractivity contribution in [2.24, 2.45) is 0 Å². The summed E-state index contributed by atoms with van der Waals surface area (Å²) in [6.45, 7) is 5.02. The van der Waals surface area contributed by atoms with Gasteiger partial charge in [-0.2, -0.15) is 0 Å². The number of hydrogen-bond donors (Lipinski definition) is 1. The summed E-state index contributed by atoms with van der Waals surface area (Å²) in [5.41, 5.74) is -0.290. The molecule has 0 atom stereocenters. The number of nitrogens with one attached hydrogen (secondary N) is 1. The van der Waals surface area contributed by atoms with Crippen LogP contribution in [-0.2, 0) is 0 Å². The SMILES string of the molecule is CCC(CC)N(CCBr)c1nc[nH]c(=O)c1Cl. The first kappa shape index (κ1) is 14.5. The molecular weight excluding hydrogens is 305 g/mol. The lowest BCUT2D eigenvalue weighted by atomic mass is 10.1. The third kappa shape index (κ3) is 3.45. The second-order valence-corrected chi connectivity index (χ2v) is 4.89. The fraction of sp³-hybridized carbons (Fsp3) is 0.636. The molecule has 0 spiro atoms. The second-order valence-electron chi connectivity index (χ2n) is 3.72. The maximum atomic E-state index is 11.5. The number of hydrogen-bond acceptors (Lipinski definition) is 3. The van der Waals surface area contributed by atoms with E-state index in [1.165, 1.54) is 6.33 Å². The van der Waals surface area contributed by atoms with Gasteiger partial charge in [0.1, 0.15) is 5.02 Å². The van der Waals surface area contributed by atoms with Crippen LogP contribution in [0.5, 0.6) is 0 Å². The largest absolute Gasteiger partial charge is 0.351 e. The van der Waals surface area contributed by atoms with Crippen LogP contribution in [0.15, 0.2) is 11.1 Å². The molecule has 1 aromatic heterocycles. The first-order valence-electron chi connectivity index (χ1n) is 5.71. The Morgan fingerprint density at radius 3 is 2.71 bits per heavy atom. The van der Waals surface area contributed by atoms with Gasteiger partial charge in [0, 0.05) is 17.9 Å². The zero-order valence-corrected chi connectivity index (χ0v) is 12.4. The highest BCUT2D eigenvalue weighted by molar-refractivity contribution is 9.09. The van der Waals surface area contributed by atoms with Gasteiger partial charge in [-0.1, -0.05) is 41.4 Å². The van der Waals surface area contributed by atoms with E-state index in [2.05, 4.69) is 44.6 Å². The highest BCUT2D eigenvalue weighted by atomic mass is 79.9. The van der Waals surface area contributed by atoms with E-state index in [4.69, 9.17) is 11.6 Å². The van der Waals surface area contributed by atoms with Crippen molar-refractivity contribution in [3.05, 3.63) is 21.7 Å². The van der Waals surface area contributed by atoms with E-state index in [1.807, 2.05) is 0 Å². The molecule has 0 amide bonds. The van der Waals surface area contributed by atoms with Crippen LogP contribution < -0.4 is 10.5 Å². The average molecular weight is 323 g/mol. The van der Waals surface area contributed by atoms with Gasteiger partial charge in [0.05, 0.1) is 6.33 Å². The first-order valence-corrected chi connectivity index (χ1v) is 7.21. The van der Waals surface area contributed by atoms with E-state index in [0.717, 1.165) is 24.7 Å². The first-order chi connectivity index (χ1) is 8.15. The molecule has 0 aliphatic rings. The predicted octanol–water partition coefficient (Wildman–Crippen LogP) is 2.81. The molecule has 6 heteroatoms. The minimum atomic E-state index is -0.290. The van der Waals surface area contributed by atoms with Gasteiger partial charge in [-0.15, -0.1) is 0 Å². The van der Waals surface area contributed by atoms with Gasteiger partial charge >= 0.3 is 0 Å². The highest BCUT2D eigenvalue weighted by Gasteiger charge is 2.20. The second kappa shape index (κ2) is 7.01. The molecule has 96 valence electrons. The van der Waals surface area contributed by atoms with Crippen LogP contribution in [0.4, 0.5) is 5.82 Å². The molecule has 0 saturated carbocycles. The van der Waals surface area contributed by atoms with Crippen LogP contribution in [0, 0.1) is 0 Å². The van der Waals surface area contributed by atoms with Crippen molar-refractivity contribution >= 4 is 33.3 Å². The number of H-pyrrole nitrogens is 1. The molecule has 0 aliphatic heterocycles. The molecule has 0 aromatic carbocycles. The van der Waals surface area contributed by atoms with Crippen molar-refractivity contribution < 1.29 is 0 Å². The minimum Gasteiger partial charge on any atom is -0.351 e. The maximum absolute atomic E-state index is 11.5. The van der Waals surface area contributed by atoms with E-state index in [1.54, 1.807) is 0 Å². The molecule has 0 fully saturated rings. The van der Waals surface area contributed by atoms with Gasteiger partial charge < -0.3 is 9.88 Å². The quantitative estimate of drug-likeness (QED) is 0.819. The molecule has 1 rings (SSSR count). The third-order valence-electron chi connectivity index (χ3n) is 2.76. The molecule has 1 heterocycles. The molecule has 0 aliphatic carbocycles. The molecule has 0 unspecified atom stereocenters. The van der Waals surface area contributed by atoms with Crippen molar-refractivity contribution in [2.45, 2.75) is 32.7 Å². The zero-order valence-electron chi connectivity index (χ0n) is 10.0. The molecule has 17 heavy (non-hydrogen) atoms. The van der Waals surface area contributed by atoms with Gasteiger partial charge in [-0.25, -0.2) is 4.98 Å². The molecule has 1 N–H and O–H groups in total. The van der Waals surface area contributed by atoms with Gasteiger partial charge in [0.15, 0.2) is 5.82 Å². The Labute approximate surface area is 115 Å². The normalized spacial score (nSPS) is 10.9. The van der Waals surface area contributed by atoms with E-state index >= 15 is 0 Å². The molecule has 0 bridgehead atoms. The summed E-state index contributed by atoms with van der Waals surface area (Å²) in [4.78, 5) is 20.2. The van der Waals surface area contributed by atoms with Crippen molar-refractivity contribution in [3.63, 3.8) is 0 Å². The standard InChI is InChI=1S/C11H17BrClN3O/c1-3-8(4-2)16(6-5-12)10-9(13)11(17)15-7-14-10/h7-8H,3-6H2,1-2H3,(H,14,15,17). The Morgan fingerprint density at radius 2 is 2.18 bits per heavy atom. The van der Waals surface area contributed by atoms with Gasteiger partial charge in [-0.3, -0.25) is 4.79 Å². The number of aromatic nitrogens is 2. The fourth-order valence-corrected chi connectivity index (χ4v) is 2.45. The highest BCUT2D eigenvalue weighted by Crippen LogP contribution is 2.23. The van der Waals surface area contributed by atoms with E-state index in [-0.39, 0.29) is 10.6 Å². The Balaban J connectivity index is 3.13. The number of halogens is 2. The topological polar surface area (TPSA) is 49.0 Å². The Morgan fingerprint density at radius 1 is 1.53 bits per heavy atom. The number of nitrogens with zero attached hydrogens (tertiary/aromatic N) is 2. The van der Waals surface area contributed by atoms with Crippen LogP contribution in [0.3, 0.4) is 0 Å². The zero-order chi connectivity index (χ0) is 12.8. The monoisotopic (exact) mass is 321 g/mol. The number of aromatic amines is 1. The molecule has 4 nitrogen and oxygen atoms in total. The van der Waals surface area contributed by atoms with Crippen molar-refractivity contribution in [1.29, 1.82) is 0 Å². The van der Waals surface area contributed by atoms with Crippen molar-refractivity contribution in [1.82, 2.24) is 9.97 Å². The lowest BCUT2D eigenvalue weighted by Crippen LogP contribution is -2.37. The summed E-state index contributed by atoms with van der Waals surface area (Å²) in [5, 5.41) is 0.981. The Hall–Kier alpha value is -0.550. The van der Waals surface area contributed by atoms with Crippen LogP contribution >= 0.6 is 27.5 Å².